The Kier molecular flexibility index (Phi) is 6.43. The summed E-state index contributed by atoms with van der Waals surface area (Å²) in [6.45, 7) is 6.25. The van der Waals surface area contributed by atoms with E-state index in [0.717, 1.165) is 51.9 Å². The fourth-order valence-electron chi connectivity index (χ4n) is 5.24. The predicted octanol–water partition coefficient (Wildman–Crippen LogP) is 3.39. The molecular formula is C26H31N7O3S. The number of aromatic amines is 1. The number of H-pyrrole nitrogens is 1. The third-order valence-corrected chi connectivity index (χ3v) is 8.30. The number of carbonyl (C=O) groups is 1. The van der Waals surface area contributed by atoms with Crippen LogP contribution in [0, 0.1) is 5.92 Å². The van der Waals surface area contributed by atoms with Crippen LogP contribution in [0.4, 0.5) is 11.5 Å². The lowest BCUT2D eigenvalue weighted by Crippen LogP contribution is -2.50. The average molecular weight is 522 g/mol. The van der Waals surface area contributed by atoms with E-state index < -0.39 is 0 Å². The molecule has 0 unspecified atom stereocenters. The van der Waals surface area contributed by atoms with Crippen LogP contribution in [0.25, 0.3) is 21.1 Å². The largest absolute Gasteiger partial charge is 0.490 e. The Morgan fingerprint density at radius 3 is 3.14 bits per heavy atom. The van der Waals surface area contributed by atoms with E-state index >= 15 is 0 Å². The number of carbonyl (C=O) groups excluding carboxylic acids is 1. The molecule has 1 aromatic carbocycles. The second-order valence-electron chi connectivity index (χ2n) is 10.0. The molecule has 0 bridgehead atoms. The van der Waals surface area contributed by atoms with Crippen molar-refractivity contribution in [2.75, 3.05) is 31.7 Å². The number of hydrogen-bond donors (Lipinski definition) is 3. The highest BCUT2D eigenvalue weighted by atomic mass is 32.1. The summed E-state index contributed by atoms with van der Waals surface area (Å²) in [6, 6.07) is 3.95. The molecule has 6 rings (SSSR count). The molecule has 4 heterocycles. The van der Waals surface area contributed by atoms with E-state index in [1.807, 2.05) is 24.0 Å². The van der Waals surface area contributed by atoms with Gasteiger partial charge in [-0.1, -0.05) is 0 Å². The quantitative estimate of drug-likeness (QED) is 0.352. The minimum Gasteiger partial charge on any atom is -0.490 e. The van der Waals surface area contributed by atoms with E-state index in [0.29, 0.717) is 32.1 Å². The van der Waals surface area contributed by atoms with Crippen LogP contribution in [-0.2, 0) is 22.4 Å². The number of rotatable bonds is 6. The summed E-state index contributed by atoms with van der Waals surface area (Å²) in [6.07, 6.45) is 5.75. The van der Waals surface area contributed by atoms with E-state index in [1.165, 1.54) is 10.4 Å². The van der Waals surface area contributed by atoms with E-state index in [-0.39, 0.29) is 23.9 Å². The molecule has 11 heteroatoms. The van der Waals surface area contributed by atoms with Crippen molar-refractivity contribution >= 4 is 49.9 Å². The molecule has 0 radical (unpaired) electrons. The highest BCUT2D eigenvalue weighted by Gasteiger charge is 2.34. The number of amides is 1. The maximum atomic E-state index is 13.3. The molecule has 194 valence electrons. The average Bonchev–Trinajstić information content (AvgIpc) is 3.51. The summed E-state index contributed by atoms with van der Waals surface area (Å²) in [5, 5.41) is 12.6. The zero-order chi connectivity index (χ0) is 25.5. The monoisotopic (exact) mass is 521 g/mol. The summed E-state index contributed by atoms with van der Waals surface area (Å²) < 4.78 is 11.6. The number of hydrogen-bond acceptors (Lipinski definition) is 9. The third-order valence-electron chi connectivity index (χ3n) is 7.14. The number of nitrogens with two attached hydrogens (primary N) is 1. The van der Waals surface area contributed by atoms with Crippen LogP contribution in [0.1, 0.15) is 30.7 Å². The molecule has 4 aromatic rings. The number of aryl methyl sites for hydroxylation is 1. The maximum Gasteiger partial charge on any atom is 0.226 e. The van der Waals surface area contributed by atoms with Crippen molar-refractivity contribution in [2.24, 2.45) is 11.7 Å². The minimum atomic E-state index is -0.101. The molecule has 1 aliphatic carbocycles. The van der Waals surface area contributed by atoms with Gasteiger partial charge in [0.05, 0.1) is 42.0 Å². The number of thiophene rings is 1. The smallest absolute Gasteiger partial charge is 0.226 e. The van der Waals surface area contributed by atoms with Crippen molar-refractivity contribution < 1.29 is 14.3 Å². The van der Waals surface area contributed by atoms with Gasteiger partial charge in [0.25, 0.3) is 0 Å². The van der Waals surface area contributed by atoms with E-state index in [1.54, 1.807) is 23.9 Å². The lowest BCUT2D eigenvalue weighted by molar-refractivity contribution is -0.143. The molecule has 0 spiro atoms. The summed E-state index contributed by atoms with van der Waals surface area (Å²) in [5.74, 6) is 1.65. The van der Waals surface area contributed by atoms with Gasteiger partial charge in [0.1, 0.15) is 29.3 Å². The topological polar surface area (TPSA) is 131 Å². The number of morpholine rings is 1. The van der Waals surface area contributed by atoms with Crippen LogP contribution in [0.2, 0.25) is 0 Å². The number of anilines is 2. The Morgan fingerprint density at radius 2 is 2.30 bits per heavy atom. The van der Waals surface area contributed by atoms with Gasteiger partial charge < -0.3 is 25.4 Å². The van der Waals surface area contributed by atoms with Crippen molar-refractivity contribution in [1.29, 1.82) is 0 Å². The van der Waals surface area contributed by atoms with Gasteiger partial charge in [0.2, 0.25) is 5.91 Å². The van der Waals surface area contributed by atoms with Gasteiger partial charge in [0.15, 0.2) is 0 Å². The van der Waals surface area contributed by atoms with Crippen LogP contribution in [-0.4, -0.2) is 69.4 Å². The highest BCUT2D eigenvalue weighted by molar-refractivity contribution is 7.19. The van der Waals surface area contributed by atoms with Crippen molar-refractivity contribution in [3.8, 4) is 5.75 Å². The van der Waals surface area contributed by atoms with Crippen molar-refractivity contribution in [3.05, 3.63) is 35.1 Å². The van der Waals surface area contributed by atoms with Crippen LogP contribution in [0.5, 0.6) is 5.75 Å². The molecule has 1 amide bonds. The third kappa shape index (κ3) is 4.62. The van der Waals surface area contributed by atoms with Gasteiger partial charge in [-0.3, -0.25) is 9.89 Å². The summed E-state index contributed by atoms with van der Waals surface area (Å²) in [7, 11) is 0. The van der Waals surface area contributed by atoms with E-state index in [9.17, 15) is 4.79 Å². The number of ether oxygens (including phenoxy) is 2. The minimum absolute atomic E-state index is 0.00719. The van der Waals surface area contributed by atoms with Crippen LogP contribution < -0.4 is 15.8 Å². The summed E-state index contributed by atoms with van der Waals surface area (Å²) in [4.78, 5) is 26.7. The Hall–Kier alpha value is -3.28. The first-order chi connectivity index (χ1) is 18.0. The van der Waals surface area contributed by atoms with E-state index in [4.69, 9.17) is 15.2 Å². The van der Waals surface area contributed by atoms with Crippen molar-refractivity contribution in [2.45, 2.75) is 45.2 Å². The number of nitrogens with one attached hydrogen (secondary N) is 2. The first kappa shape index (κ1) is 24.1. The molecule has 10 nitrogen and oxygen atoms in total. The molecule has 0 saturated carbocycles. The van der Waals surface area contributed by atoms with Crippen LogP contribution in [0.15, 0.2) is 24.7 Å². The standard InChI is InChI=1S/C26H31N7O3S/c1-14(27)11-36-21-9-19-17(10-30-32-19)7-20(21)31-24-23-18-4-3-16(8-22(18)37-25(23)29-13-28-24)26(34)33-5-6-35-12-15(33)2/h7,9-10,13-16H,3-6,8,11-12,27H2,1-2H3,(H,30,32)(H,28,29,31)/t14-,15+,16-/m0/s1. The zero-order valence-corrected chi connectivity index (χ0v) is 21.8. The maximum absolute atomic E-state index is 13.3. The van der Waals surface area contributed by atoms with Crippen molar-refractivity contribution in [3.63, 3.8) is 0 Å². The van der Waals surface area contributed by atoms with E-state index in [2.05, 4.69) is 32.4 Å². The summed E-state index contributed by atoms with van der Waals surface area (Å²) in [5.41, 5.74) is 8.86. The highest BCUT2D eigenvalue weighted by Crippen LogP contribution is 2.42. The van der Waals surface area contributed by atoms with Gasteiger partial charge in [-0.05, 0) is 44.7 Å². The molecule has 3 aromatic heterocycles. The SMILES string of the molecule is C[C@H](N)COc1cc2[nH]ncc2cc1Nc1ncnc2sc3c(c12)CC[C@H](C(=O)N1CCOC[C@H]1C)C3. The molecule has 1 fully saturated rings. The van der Waals surface area contributed by atoms with Gasteiger partial charge in [-0.15, -0.1) is 11.3 Å². The zero-order valence-electron chi connectivity index (χ0n) is 21.0. The molecule has 1 aliphatic heterocycles. The number of aromatic nitrogens is 4. The first-order valence-electron chi connectivity index (χ1n) is 12.7. The lowest BCUT2D eigenvalue weighted by atomic mass is 9.86. The van der Waals surface area contributed by atoms with Gasteiger partial charge in [0, 0.05) is 34.8 Å². The second-order valence-corrected chi connectivity index (χ2v) is 11.1. The predicted molar refractivity (Wildman–Crippen MR) is 143 cm³/mol. The second kappa shape index (κ2) is 9.88. The van der Waals surface area contributed by atoms with Crippen LogP contribution >= 0.6 is 11.3 Å². The fraction of sp³-hybridized carbons (Fsp3) is 0.462. The number of nitrogens with zero attached hydrogens (tertiary/aromatic N) is 4. The molecule has 2 aliphatic rings. The summed E-state index contributed by atoms with van der Waals surface area (Å²) >= 11 is 1.67. The number of fused-ring (bicyclic) bond motifs is 4. The van der Waals surface area contributed by atoms with Gasteiger partial charge >= 0.3 is 0 Å². The van der Waals surface area contributed by atoms with Gasteiger partial charge in [-0.25, -0.2) is 9.97 Å². The molecule has 3 atom stereocenters. The number of benzene rings is 1. The Bertz CT molecular complexity index is 1450. The Balaban J connectivity index is 1.31. The molecule has 37 heavy (non-hydrogen) atoms. The normalized spacial score (nSPS) is 20.7. The van der Waals surface area contributed by atoms with Crippen LogP contribution in [0.3, 0.4) is 0 Å². The molecular weight excluding hydrogens is 490 g/mol. The molecule has 1 saturated heterocycles. The van der Waals surface area contributed by atoms with Gasteiger partial charge in [-0.2, -0.15) is 5.10 Å². The fourth-order valence-corrected chi connectivity index (χ4v) is 6.51. The molecule has 4 N–H and O–H groups in total. The Labute approximate surface area is 218 Å². The first-order valence-corrected chi connectivity index (χ1v) is 13.6. The van der Waals surface area contributed by atoms with Crippen molar-refractivity contribution in [1.82, 2.24) is 25.1 Å². The Morgan fingerprint density at radius 1 is 1.41 bits per heavy atom. The lowest BCUT2D eigenvalue weighted by Gasteiger charge is -2.36.